The van der Waals surface area contributed by atoms with E-state index in [4.69, 9.17) is 9.72 Å². The molecule has 1 amide bonds. The minimum Gasteiger partial charge on any atom is -0.487 e. The molecular formula is C18H19N3O2S. The van der Waals surface area contributed by atoms with Crippen molar-refractivity contribution in [2.75, 3.05) is 12.4 Å². The largest absolute Gasteiger partial charge is 0.487 e. The lowest BCUT2D eigenvalue weighted by molar-refractivity contribution is -0.124. The molecule has 0 bridgehead atoms. The molecule has 4 rings (SSSR count). The molecule has 3 heterocycles. The highest BCUT2D eigenvalue weighted by Gasteiger charge is 2.33. The van der Waals surface area contributed by atoms with Gasteiger partial charge in [-0.15, -0.1) is 11.3 Å². The lowest BCUT2D eigenvalue weighted by atomic mass is 9.81. The number of anilines is 1. The number of benzene rings is 1. The minimum atomic E-state index is -0.392. The number of rotatable bonds is 2. The quantitative estimate of drug-likeness (QED) is 0.736. The van der Waals surface area contributed by atoms with Crippen LogP contribution < -0.4 is 10.1 Å². The third-order valence-corrected chi connectivity index (χ3v) is 5.62. The van der Waals surface area contributed by atoms with Gasteiger partial charge in [0.1, 0.15) is 5.82 Å². The number of hydrogen-bond acceptors (Lipinski definition) is 4. The van der Waals surface area contributed by atoms with E-state index < -0.39 is 5.41 Å². The number of H-pyrrole nitrogens is 1. The zero-order valence-corrected chi connectivity index (χ0v) is 14.9. The Morgan fingerprint density at radius 2 is 2.12 bits per heavy atom. The number of fused-ring (bicyclic) bond motifs is 2. The third kappa shape index (κ3) is 2.21. The Labute approximate surface area is 144 Å². The van der Waals surface area contributed by atoms with Crippen molar-refractivity contribution in [3.8, 4) is 16.5 Å². The molecule has 0 aliphatic carbocycles. The molecule has 0 unspecified atom stereocenters. The number of hydrogen-bond donors (Lipinski definition) is 2. The number of thiophene rings is 1. The van der Waals surface area contributed by atoms with E-state index >= 15 is 0 Å². The Bertz CT molecular complexity index is 968. The maximum Gasteiger partial charge on any atom is 0.230 e. The van der Waals surface area contributed by atoms with Crippen LogP contribution in [0.3, 0.4) is 0 Å². The van der Waals surface area contributed by atoms with Crippen LogP contribution in [-0.2, 0) is 11.2 Å². The third-order valence-electron chi connectivity index (χ3n) is 4.57. The summed E-state index contributed by atoms with van der Waals surface area (Å²) in [5.41, 5.74) is 5.56. The number of aryl methyl sites for hydroxylation is 1. The van der Waals surface area contributed by atoms with E-state index in [1.165, 1.54) is 0 Å². The van der Waals surface area contributed by atoms with Crippen molar-refractivity contribution in [3.05, 3.63) is 28.6 Å². The summed E-state index contributed by atoms with van der Waals surface area (Å²) in [6.07, 6.45) is 0.721. The van der Waals surface area contributed by atoms with E-state index in [-0.39, 0.29) is 5.91 Å². The van der Waals surface area contributed by atoms with Crippen molar-refractivity contribution in [2.45, 2.75) is 27.2 Å². The van der Waals surface area contributed by atoms with Gasteiger partial charge in [0.25, 0.3) is 0 Å². The molecule has 1 aromatic carbocycles. The second-order valence-corrected chi connectivity index (χ2v) is 7.75. The first-order valence-corrected chi connectivity index (χ1v) is 8.73. The van der Waals surface area contributed by atoms with E-state index in [9.17, 15) is 4.79 Å². The number of nitrogens with one attached hydrogen (secondary N) is 2. The average Bonchev–Trinajstić information content (AvgIpc) is 3.08. The van der Waals surface area contributed by atoms with Crippen molar-refractivity contribution in [2.24, 2.45) is 5.41 Å². The molecule has 1 aliphatic heterocycles. The highest BCUT2D eigenvalue weighted by molar-refractivity contribution is 7.12. The first kappa shape index (κ1) is 15.2. The van der Waals surface area contributed by atoms with Gasteiger partial charge in [-0.3, -0.25) is 4.79 Å². The van der Waals surface area contributed by atoms with E-state index in [2.05, 4.69) is 28.7 Å². The number of aromatic nitrogens is 2. The van der Waals surface area contributed by atoms with Gasteiger partial charge in [-0.05, 0) is 42.0 Å². The van der Waals surface area contributed by atoms with Crippen LogP contribution in [0.2, 0.25) is 0 Å². The molecule has 2 aromatic heterocycles. The lowest BCUT2D eigenvalue weighted by Crippen LogP contribution is -2.36. The number of methoxy groups -OCH3 is 1. The summed E-state index contributed by atoms with van der Waals surface area (Å²) in [5, 5.41) is 5.92. The van der Waals surface area contributed by atoms with Gasteiger partial charge in [0.15, 0.2) is 5.06 Å². The first-order chi connectivity index (χ1) is 11.4. The Morgan fingerprint density at radius 3 is 2.88 bits per heavy atom. The van der Waals surface area contributed by atoms with Crippen molar-refractivity contribution in [1.82, 2.24) is 9.97 Å². The predicted octanol–water partition coefficient (Wildman–Crippen LogP) is 4.13. The molecular weight excluding hydrogens is 322 g/mol. The number of imidazole rings is 1. The van der Waals surface area contributed by atoms with Crippen LogP contribution in [0.15, 0.2) is 17.5 Å². The average molecular weight is 341 g/mol. The second kappa shape index (κ2) is 5.08. The highest BCUT2D eigenvalue weighted by atomic mass is 32.1. The summed E-state index contributed by atoms with van der Waals surface area (Å²) in [6.45, 7) is 5.98. The monoisotopic (exact) mass is 341 g/mol. The molecule has 24 heavy (non-hydrogen) atoms. The molecule has 0 saturated carbocycles. The molecule has 0 radical (unpaired) electrons. The number of carbonyl (C=O) groups is 1. The van der Waals surface area contributed by atoms with Crippen LogP contribution in [0.1, 0.15) is 25.0 Å². The van der Waals surface area contributed by atoms with Crippen molar-refractivity contribution in [3.63, 3.8) is 0 Å². The van der Waals surface area contributed by atoms with Crippen LogP contribution in [0.4, 0.5) is 5.69 Å². The fourth-order valence-corrected chi connectivity index (χ4v) is 4.06. The molecule has 5 nitrogen and oxygen atoms in total. The van der Waals surface area contributed by atoms with Gasteiger partial charge in [0, 0.05) is 11.1 Å². The van der Waals surface area contributed by atoms with E-state index in [0.29, 0.717) is 0 Å². The van der Waals surface area contributed by atoms with Crippen LogP contribution in [-0.4, -0.2) is 23.0 Å². The number of ether oxygens (including phenoxy) is 1. The lowest BCUT2D eigenvalue weighted by Gasteiger charge is -2.30. The Morgan fingerprint density at radius 1 is 1.33 bits per heavy atom. The number of amides is 1. The number of nitrogens with zero attached hydrogens (tertiary/aromatic N) is 1. The molecule has 0 atom stereocenters. The maximum absolute atomic E-state index is 12.2. The van der Waals surface area contributed by atoms with Gasteiger partial charge in [-0.25, -0.2) is 4.98 Å². The van der Waals surface area contributed by atoms with E-state index in [0.717, 1.165) is 50.7 Å². The van der Waals surface area contributed by atoms with Gasteiger partial charge in [-0.2, -0.15) is 0 Å². The summed E-state index contributed by atoms with van der Waals surface area (Å²) < 4.78 is 5.46. The summed E-state index contributed by atoms with van der Waals surface area (Å²) in [7, 11) is 1.67. The summed E-state index contributed by atoms with van der Waals surface area (Å²) >= 11 is 1.57. The Balaban J connectivity index is 1.86. The molecule has 1 aliphatic rings. The summed E-state index contributed by atoms with van der Waals surface area (Å²) in [5.74, 6) is 0.856. The fraction of sp³-hybridized carbons (Fsp3) is 0.333. The first-order valence-electron chi connectivity index (χ1n) is 7.85. The van der Waals surface area contributed by atoms with Crippen molar-refractivity contribution in [1.29, 1.82) is 0 Å². The van der Waals surface area contributed by atoms with Crippen molar-refractivity contribution >= 4 is 34.0 Å². The normalized spacial score (nSPS) is 16.1. The zero-order chi connectivity index (χ0) is 17.1. The van der Waals surface area contributed by atoms with Crippen LogP contribution in [0, 0.1) is 12.3 Å². The smallest absolute Gasteiger partial charge is 0.230 e. The summed E-state index contributed by atoms with van der Waals surface area (Å²) in [4.78, 5) is 20.3. The van der Waals surface area contributed by atoms with Gasteiger partial charge >= 0.3 is 0 Å². The molecule has 0 fully saturated rings. The SMILES string of the molecule is COc1scc(C)c1-c1nc2cc3c(cc2[nH]1)CC(C)(C)C(=O)N3. The van der Waals surface area contributed by atoms with E-state index in [1.807, 2.05) is 19.9 Å². The van der Waals surface area contributed by atoms with Crippen LogP contribution in [0.25, 0.3) is 22.4 Å². The molecule has 2 N–H and O–H groups in total. The molecule has 6 heteroatoms. The molecule has 0 spiro atoms. The second-order valence-electron chi connectivity index (χ2n) is 6.91. The molecule has 3 aromatic rings. The number of carbonyl (C=O) groups excluding carboxylic acids is 1. The van der Waals surface area contributed by atoms with Gasteiger partial charge < -0.3 is 15.0 Å². The summed E-state index contributed by atoms with van der Waals surface area (Å²) in [6, 6.07) is 4.04. The van der Waals surface area contributed by atoms with Crippen molar-refractivity contribution < 1.29 is 9.53 Å². The fourth-order valence-electron chi connectivity index (χ4n) is 3.18. The van der Waals surface area contributed by atoms with Crippen LogP contribution >= 0.6 is 11.3 Å². The predicted molar refractivity (Wildman–Crippen MR) is 96.8 cm³/mol. The number of aromatic amines is 1. The highest BCUT2D eigenvalue weighted by Crippen LogP contribution is 2.39. The Kier molecular flexibility index (Phi) is 3.22. The minimum absolute atomic E-state index is 0.0560. The molecule has 124 valence electrons. The topological polar surface area (TPSA) is 67.0 Å². The molecule has 0 saturated heterocycles. The van der Waals surface area contributed by atoms with Crippen LogP contribution in [0.5, 0.6) is 5.06 Å². The van der Waals surface area contributed by atoms with Gasteiger partial charge in [0.05, 0.1) is 23.7 Å². The Hall–Kier alpha value is -2.34. The van der Waals surface area contributed by atoms with Gasteiger partial charge in [-0.1, -0.05) is 13.8 Å². The van der Waals surface area contributed by atoms with Gasteiger partial charge in [0.2, 0.25) is 5.91 Å². The standard InChI is InChI=1S/C18H19N3O2S/c1-9-8-24-16(23-4)14(9)15-19-12-5-10-7-18(2,3)17(22)21-11(10)6-13(12)20-15/h5-6,8H,7H2,1-4H3,(H,19,20)(H,21,22). The van der Waals surface area contributed by atoms with E-state index in [1.54, 1.807) is 18.4 Å². The maximum atomic E-state index is 12.2. The zero-order valence-electron chi connectivity index (χ0n) is 14.1.